The van der Waals surface area contributed by atoms with E-state index in [-0.39, 0.29) is 24.3 Å². The fourth-order valence-corrected chi connectivity index (χ4v) is 1.95. The third kappa shape index (κ3) is 1.10. The summed E-state index contributed by atoms with van der Waals surface area (Å²) in [6, 6.07) is 0. The first-order chi connectivity index (χ1) is 5.68. The van der Waals surface area contributed by atoms with Crippen LogP contribution in [0.4, 0.5) is 0 Å². The first-order valence-corrected chi connectivity index (χ1v) is 4.21. The number of fused-ring (bicyclic) bond motifs is 1. The molecule has 12 heavy (non-hydrogen) atoms. The minimum Gasteiger partial charge on any atom is -0.328 e. The van der Waals surface area contributed by atoms with E-state index in [2.05, 4.69) is 15.5 Å². The summed E-state index contributed by atoms with van der Waals surface area (Å²) in [5, 5.41) is 5.80. The van der Waals surface area contributed by atoms with Crippen LogP contribution in [0, 0.1) is 5.92 Å². The quantitative estimate of drug-likeness (QED) is 0.402. The van der Waals surface area contributed by atoms with Crippen molar-refractivity contribution in [1.82, 2.24) is 15.5 Å². The Balaban J connectivity index is 2.14. The number of rotatable bonds is 0. The molecule has 0 saturated carbocycles. The normalized spacial score (nSPS) is 42.5. The average Bonchev–Trinajstić information content (AvgIpc) is 2.33. The SMILES string of the molecule is CN1CCC2C(=O)NC(N)NC21. The Morgan fingerprint density at radius 2 is 2.42 bits per heavy atom. The molecule has 3 unspecified atom stereocenters. The predicted octanol–water partition coefficient (Wildman–Crippen LogP) is -1.77. The molecular weight excluding hydrogens is 156 g/mol. The van der Waals surface area contributed by atoms with Crippen LogP contribution < -0.4 is 16.4 Å². The minimum absolute atomic E-state index is 0.0785. The van der Waals surface area contributed by atoms with Gasteiger partial charge in [-0.05, 0) is 13.5 Å². The molecule has 4 N–H and O–H groups in total. The van der Waals surface area contributed by atoms with Crippen LogP contribution >= 0.6 is 0 Å². The van der Waals surface area contributed by atoms with Gasteiger partial charge in [-0.1, -0.05) is 0 Å². The van der Waals surface area contributed by atoms with E-state index in [1.54, 1.807) is 0 Å². The van der Waals surface area contributed by atoms with Gasteiger partial charge in [-0.3, -0.25) is 20.7 Å². The third-order valence-corrected chi connectivity index (χ3v) is 2.63. The fourth-order valence-electron chi connectivity index (χ4n) is 1.95. The largest absolute Gasteiger partial charge is 0.328 e. The Labute approximate surface area is 71.3 Å². The van der Waals surface area contributed by atoms with E-state index in [4.69, 9.17) is 5.73 Å². The van der Waals surface area contributed by atoms with Crippen molar-refractivity contribution in [2.24, 2.45) is 11.7 Å². The summed E-state index contributed by atoms with van der Waals surface area (Å²) in [6.45, 7) is 0.961. The molecular formula is C7H14N4O. The average molecular weight is 170 g/mol. The maximum absolute atomic E-state index is 11.4. The molecule has 0 aromatic rings. The summed E-state index contributed by atoms with van der Waals surface area (Å²) >= 11 is 0. The third-order valence-electron chi connectivity index (χ3n) is 2.63. The van der Waals surface area contributed by atoms with E-state index in [1.165, 1.54) is 0 Å². The molecule has 2 saturated heterocycles. The highest BCUT2D eigenvalue weighted by Crippen LogP contribution is 2.23. The molecule has 3 atom stereocenters. The predicted molar refractivity (Wildman–Crippen MR) is 43.8 cm³/mol. The van der Waals surface area contributed by atoms with Crippen LogP contribution in [-0.2, 0) is 4.79 Å². The Morgan fingerprint density at radius 1 is 1.67 bits per heavy atom. The molecule has 2 fully saturated rings. The fraction of sp³-hybridized carbons (Fsp3) is 0.857. The standard InChI is InChI=1S/C7H14N4O/c1-11-3-2-4-5(11)9-7(8)10-6(4)12/h4-5,7,9H,2-3,8H2,1H3,(H,10,12). The molecule has 1 amide bonds. The summed E-state index contributed by atoms with van der Waals surface area (Å²) in [5.74, 6) is 0.158. The summed E-state index contributed by atoms with van der Waals surface area (Å²) in [5.41, 5.74) is 5.57. The van der Waals surface area contributed by atoms with Crippen molar-refractivity contribution in [3.05, 3.63) is 0 Å². The highest BCUT2D eigenvalue weighted by atomic mass is 16.2. The van der Waals surface area contributed by atoms with Gasteiger partial charge in [-0.2, -0.15) is 0 Å². The number of nitrogens with two attached hydrogens (primary N) is 1. The Kier molecular flexibility index (Phi) is 1.79. The molecule has 2 aliphatic heterocycles. The number of carbonyl (C=O) groups is 1. The zero-order chi connectivity index (χ0) is 8.72. The van der Waals surface area contributed by atoms with Crippen LogP contribution in [0.2, 0.25) is 0 Å². The van der Waals surface area contributed by atoms with Crippen molar-refractivity contribution in [1.29, 1.82) is 0 Å². The van der Waals surface area contributed by atoms with E-state index in [9.17, 15) is 4.79 Å². The van der Waals surface area contributed by atoms with Crippen LogP contribution in [0.25, 0.3) is 0 Å². The lowest BCUT2D eigenvalue weighted by molar-refractivity contribution is -0.129. The minimum atomic E-state index is -0.390. The lowest BCUT2D eigenvalue weighted by Gasteiger charge is -2.34. The van der Waals surface area contributed by atoms with Gasteiger partial charge in [0.1, 0.15) is 6.29 Å². The molecule has 0 aliphatic carbocycles. The number of hydrogen-bond donors (Lipinski definition) is 3. The molecule has 2 rings (SSSR count). The van der Waals surface area contributed by atoms with Gasteiger partial charge in [-0.15, -0.1) is 0 Å². The molecule has 2 heterocycles. The molecule has 5 nitrogen and oxygen atoms in total. The Hall–Kier alpha value is -0.650. The first-order valence-electron chi connectivity index (χ1n) is 4.21. The van der Waals surface area contributed by atoms with Crippen molar-refractivity contribution in [2.45, 2.75) is 18.9 Å². The van der Waals surface area contributed by atoms with E-state index in [0.717, 1.165) is 13.0 Å². The zero-order valence-corrected chi connectivity index (χ0v) is 7.08. The Bertz CT molecular complexity index is 208. The van der Waals surface area contributed by atoms with Gasteiger partial charge in [0.2, 0.25) is 5.91 Å². The monoisotopic (exact) mass is 170 g/mol. The van der Waals surface area contributed by atoms with Crippen LogP contribution in [0.1, 0.15) is 6.42 Å². The van der Waals surface area contributed by atoms with E-state index >= 15 is 0 Å². The van der Waals surface area contributed by atoms with Gasteiger partial charge >= 0.3 is 0 Å². The number of nitrogens with zero attached hydrogens (tertiary/aromatic N) is 1. The van der Waals surface area contributed by atoms with Crippen LogP contribution in [0.3, 0.4) is 0 Å². The van der Waals surface area contributed by atoms with Crippen molar-refractivity contribution in [2.75, 3.05) is 13.6 Å². The molecule has 0 spiro atoms. The van der Waals surface area contributed by atoms with Crippen LogP contribution in [-0.4, -0.2) is 36.9 Å². The van der Waals surface area contributed by atoms with Gasteiger partial charge in [0.15, 0.2) is 0 Å². The van der Waals surface area contributed by atoms with E-state index < -0.39 is 0 Å². The zero-order valence-electron chi connectivity index (χ0n) is 7.08. The maximum atomic E-state index is 11.4. The van der Waals surface area contributed by atoms with Gasteiger partial charge in [0.05, 0.1) is 12.1 Å². The van der Waals surface area contributed by atoms with Crippen LogP contribution in [0.5, 0.6) is 0 Å². The van der Waals surface area contributed by atoms with E-state index in [1.807, 2.05) is 7.05 Å². The second kappa shape index (κ2) is 2.69. The van der Waals surface area contributed by atoms with Crippen molar-refractivity contribution in [3.63, 3.8) is 0 Å². The Morgan fingerprint density at radius 3 is 3.17 bits per heavy atom. The number of hydrogen-bond acceptors (Lipinski definition) is 4. The highest BCUT2D eigenvalue weighted by Gasteiger charge is 2.41. The summed E-state index contributed by atoms with van der Waals surface area (Å²) in [6.07, 6.45) is 0.667. The molecule has 0 bridgehead atoms. The number of amides is 1. The summed E-state index contributed by atoms with van der Waals surface area (Å²) in [7, 11) is 2.00. The molecule has 0 aromatic heterocycles. The summed E-state index contributed by atoms with van der Waals surface area (Å²) < 4.78 is 0. The first kappa shape index (κ1) is 7.97. The van der Waals surface area contributed by atoms with Gasteiger partial charge < -0.3 is 5.32 Å². The lowest BCUT2D eigenvalue weighted by atomic mass is 10.0. The van der Waals surface area contributed by atoms with Gasteiger partial charge in [0, 0.05) is 6.54 Å². The lowest BCUT2D eigenvalue weighted by Crippen LogP contribution is -2.66. The van der Waals surface area contributed by atoms with Gasteiger partial charge in [-0.25, -0.2) is 0 Å². The number of carbonyl (C=O) groups excluding carboxylic acids is 1. The second-order valence-corrected chi connectivity index (χ2v) is 3.47. The molecule has 5 heteroatoms. The van der Waals surface area contributed by atoms with Crippen molar-refractivity contribution < 1.29 is 4.79 Å². The number of nitrogens with one attached hydrogen (secondary N) is 2. The number of likely N-dealkylation sites (tertiary alicyclic amines) is 1. The van der Waals surface area contributed by atoms with Gasteiger partial charge in [0.25, 0.3) is 0 Å². The van der Waals surface area contributed by atoms with Crippen molar-refractivity contribution >= 4 is 5.91 Å². The van der Waals surface area contributed by atoms with E-state index in [0.29, 0.717) is 0 Å². The molecule has 68 valence electrons. The molecule has 0 aromatic carbocycles. The smallest absolute Gasteiger partial charge is 0.228 e. The molecule has 0 radical (unpaired) electrons. The second-order valence-electron chi connectivity index (χ2n) is 3.47. The maximum Gasteiger partial charge on any atom is 0.228 e. The van der Waals surface area contributed by atoms with Crippen molar-refractivity contribution in [3.8, 4) is 0 Å². The highest BCUT2D eigenvalue weighted by molar-refractivity contribution is 5.80. The topological polar surface area (TPSA) is 70.4 Å². The summed E-state index contributed by atoms with van der Waals surface area (Å²) in [4.78, 5) is 13.5. The van der Waals surface area contributed by atoms with Crippen LogP contribution in [0.15, 0.2) is 0 Å². The molecule has 2 aliphatic rings.